The van der Waals surface area contributed by atoms with E-state index in [-0.39, 0.29) is 5.69 Å². The summed E-state index contributed by atoms with van der Waals surface area (Å²) in [7, 11) is 0. The smallest absolute Gasteiger partial charge is 0.358 e. The Morgan fingerprint density at radius 1 is 1.50 bits per heavy atom. The molecule has 0 saturated carbocycles. The molecule has 0 bridgehead atoms. The van der Waals surface area contributed by atoms with E-state index in [1.165, 1.54) is 0 Å². The molecule has 0 atom stereocenters. The van der Waals surface area contributed by atoms with Crippen molar-refractivity contribution in [2.45, 2.75) is 32.7 Å². The van der Waals surface area contributed by atoms with Gasteiger partial charge < -0.3 is 15.6 Å². The molecule has 0 aromatic carbocycles. The van der Waals surface area contributed by atoms with Crippen LogP contribution in [0.2, 0.25) is 0 Å². The van der Waals surface area contributed by atoms with Crippen molar-refractivity contribution in [3.63, 3.8) is 0 Å². The van der Waals surface area contributed by atoms with Crippen molar-refractivity contribution in [3.05, 3.63) is 11.4 Å². The first-order valence-electron chi connectivity index (χ1n) is 6.14. The van der Waals surface area contributed by atoms with E-state index in [1.807, 2.05) is 0 Å². The van der Waals surface area contributed by atoms with Gasteiger partial charge in [0, 0.05) is 13.0 Å². The highest BCUT2D eigenvalue weighted by molar-refractivity contribution is 5.86. The Morgan fingerprint density at radius 2 is 2.28 bits per heavy atom. The third kappa shape index (κ3) is 4.08. The van der Waals surface area contributed by atoms with Gasteiger partial charge in [-0.25, -0.2) is 9.48 Å². The van der Waals surface area contributed by atoms with E-state index in [1.54, 1.807) is 4.68 Å². The van der Waals surface area contributed by atoms with E-state index >= 15 is 0 Å². The van der Waals surface area contributed by atoms with Crippen molar-refractivity contribution in [2.75, 3.05) is 19.8 Å². The van der Waals surface area contributed by atoms with Gasteiger partial charge in [0.15, 0.2) is 5.69 Å². The van der Waals surface area contributed by atoms with Gasteiger partial charge in [-0.15, -0.1) is 5.10 Å². The minimum absolute atomic E-state index is 0.0194. The molecule has 1 heterocycles. The largest absolute Gasteiger partial charge is 0.476 e. The number of nitrogens with two attached hydrogens (primary N) is 1. The second-order valence-electron chi connectivity index (χ2n) is 3.92. The molecule has 1 aromatic rings. The first-order chi connectivity index (χ1) is 8.70. The fourth-order valence-corrected chi connectivity index (χ4v) is 1.56. The number of rotatable bonds is 9. The molecule has 3 N–H and O–H groups in total. The minimum Gasteiger partial charge on any atom is -0.476 e. The van der Waals surface area contributed by atoms with Crippen molar-refractivity contribution in [1.29, 1.82) is 0 Å². The average molecular weight is 256 g/mol. The first kappa shape index (κ1) is 14.6. The van der Waals surface area contributed by atoms with Crippen molar-refractivity contribution in [2.24, 2.45) is 5.73 Å². The van der Waals surface area contributed by atoms with Gasteiger partial charge in [-0.2, -0.15) is 0 Å². The molecule has 7 nitrogen and oxygen atoms in total. The zero-order valence-corrected chi connectivity index (χ0v) is 10.6. The van der Waals surface area contributed by atoms with Crippen molar-refractivity contribution >= 4 is 5.97 Å². The lowest BCUT2D eigenvalue weighted by molar-refractivity contribution is 0.0689. The summed E-state index contributed by atoms with van der Waals surface area (Å²) >= 11 is 0. The molecule has 0 aliphatic carbocycles. The lowest BCUT2D eigenvalue weighted by Crippen LogP contribution is -2.16. The van der Waals surface area contributed by atoms with E-state index in [9.17, 15) is 4.79 Å². The summed E-state index contributed by atoms with van der Waals surface area (Å²) in [6, 6.07) is 0. The van der Waals surface area contributed by atoms with E-state index in [0.29, 0.717) is 38.4 Å². The van der Waals surface area contributed by atoms with Gasteiger partial charge in [-0.05, 0) is 13.0 Å². The van der Waals surface area contributed by atoms with E-state index in [2.05, 4.69) is 17.2 Å². The Labute approximate surface area is 106 Å². The lowest BCUT2D eigenvalue weighted by atomic mass is 10.2. The molecule has 0 amide bonds. The van der Waals surface area contributed by atoms with Gasteiger partial charge in [0.05, 0.1) is 18.8 Å². The Morgan fingerprint density at radius 3 is 2.89 bits per heavy atom. The predicted molar refractivity (Wildman–Crippen MR) is 65.5 cm³/mol. The second kappa shape index (κ2) is 7.78. The van der Waals surface area contributed by atoms with Crippen LogP contribution in [-0.4, -0.2) is 45.8 Å². The maximum atomic E-state index is 10.9. The summed E-state index contributed by atoms with van der Waals surface area (Å²) in [4.78, 5) is 10.9. The number of aromatic nitrogens is 3. The highest BCUT2D eigenvalue weighted by atomic mass is 16.5. The fourth-order valence-electron chi connectivity index (χ4n) is 1.56. The van der Waals surface area contributed by atoms with Gasteiger partial charge in [0.1, 0.15) is 0 Å². The summed E-state index contributed by atoms with van der Waals surface area (Å²) in [5.74, 6) is -1.07. The summed E-state index contributed by atoms with van der Waals surface area (Å²) in [5.41, 5.74) is 6.00. The second-order valence-corrected chi connectivity index (χ2v) is 3.92. The Balaban J connectivity index is 2.56. The molecule has 1 rings (SSSR count). The molecule has 0 fully saturated rings. The highest BCUT2D eigenvalue weighted by Gasteiger charge is 2.17. The number of hydrogen-bond acceptors (Lipinski definition) is 5. The number of ether oxygens (including phenoxy) is 1. The number of unbranched alkanes of at least 4 members (excludes halogenated alkanes) is 1. The van der Waals surface area contributed by atoms with Gasteiger partial charge in [0.2, 0.25) is 0 Å². The SMILES string of the molecule is CCCCOCCn1nnc(C(=O)O)c1CCN. The van der Waals surface area contributed by atoms with E-state index < -0.39 is 5.97 Å². The Kier molecular flexibility index (Phi) is 6.31. The van der Waals surface area contributed by atoms with Crippen LogP contribution in [0.5, 0.6) is 0 Å². The third-order valence-electron chi connectivity index (χ3n) is 2.51. The van der Waals surface area contributed by atoms with Crippen LogP contribution >= 0.6 is 0 Å². The molecular weight excluding hydrogens is 236 g/mol. The maximum Gasteiger partial charge on any atom is 0.358 e. The molecule has 0 aliphatic rings. The van der Waals surface area contributed by atoms with Crippen LogP contribution in [0.25, 0.3) is 0 Å². The summed E-state index contributed by atoms with van der Waals surface area (Å²) in [6.45, 7) is 4.17. The van der Waals surface area contributed by atoms with Crippen molar-refractivity contribution in [1.82, 2.24) is 15.0 Å². The van der Waals surface area contributed by atoms with Crippen LogP contribution in [0, 0.1) is 0 Å². The molecule has 0 radical (unpaired) electrons. The number of carboxylic acids is 1. The highest BCUT2D eigenvalue weighted by Crippen LogP contribution is 2.06. The number of carboxylic acid groups (broad SMARTS) is 1. The minimum atomic E-state index is -1.07. The van der Waals surface area contributed by atoms with Crippen molar-refractivity contribution < 1.29 is 14.6 Å². The summed E-state index contributed by atoms with van der Waals surface area (Å²) < 4.78 is 6.97. The van der Waals surface area contributed by atoms with Crippen LogP contribution in [0.3, 0.4) is 0 Å². The Bertz CT molecular complexity index is 378. The monoisotopic (exact) mass is 256 g/mol. The van der Waals surface area contributed by atoms with Gasteiger partial charge in [-0.1, -0.05) is 18.6 Å². The van der Waals surface area contributed by atoms with Crippen LogP contribution < -0.4 is 5.73 Å². The van der Waals surface area contributed by atoms with E-state index in [4.69, 9.17) is 15.6 Å². The molecule has 7 heteroatoms. The summed E-state index contributed by atoms with van der Waals surface area (Å²) in [6.07, 6.45) is 2.56. The van der Waals surface area contributed by atoms with Crippen molar-refractivity contribution in [3.8, 4) is 0 Å². The summed E-state index contributed by atoms with van der Waals surface area (Å²) in [5, 5.41) is 16.4. The third-order valence-corrected chi connectivity index (χ3v) is 2.51. The number of hydrogen-bond donors (Lipinski definition) is 2. The molecule has 0 spiro atoms. The first-order valence-corrected chi connectivity index (χ1v) is 6.14. The molecule has 0 saturated heterocycles. The normalized spacial score (nSPS) is 10.8. The van der Waals surface area contributed by atoms with E-state index in [0.717, 1.165) is 12.8 Å². The topological polar surface area (TPSA) is 103 Å². The predicted octanol–water partition coefficient (Wildman–Crippen LogP) is 0.294. The zero-order valence-electron chi connectivity index (χ0n) is 10.6. The van der Waals surface area contributed by atoms with Crippen LogP contribution in [0.1, 0.15) is 35.9 Å². The molecule has 102 valence electrons. The van der Waals surface area contributed by atoms with Crippen LogP contribution in [0.15, 0.2) is 0 Å². The molecule has 0 unspecified atom stereocenters. The number of aromatic carboxylic acids is 1. The molecule has 18 heavy (non-hydrogen) atoms. The standard InChI is InChI=1S/C11H20N4O3/c1-2-3-7-18-8-6-15-9(4-5-12)10(11(16)17)13-14-15/h2-8,12H2,1H3,(H,16,17). The lowest BCUT2D eigenvalue weighted by Gasteiger charge is -2.06. The van der Waals surface area contributed by atoms with Crippen LogP contribution in [0.4, 0.5) is 0 Å². The Hall–Kier alpha value is -1.47. The van der Waals surface area contributed by atoms with Gasteiger partial charge in [-0.3, -0.25) is 0 Å². The molecule has 0 aliphatic heterocycles. The fraction of sp³-hybridized carbons (Fsp3) is 0.727. The van der Waals surface area contributed by atoms with Gasteiger partial charge in [0.25, 0.3) is 0 Å². The number of nitrogens with zero attached hydrogens (tertiary/aromatic N) is 3. The zero-order chi connectivity index (χ0) is 13.4. The quantitative estimate of drug-likeness (QED) is 0.616. The van der Waals surface area contributed by atoms with Crippen LogP contribution in [-0.2, 0) is 17.7 Å². The van der Waals surface area contributed by atoms with Gasteiger partial charge >= 0.3 is 5.97 Å². The maximum absolute atomic E-state index is 10.9. The molecular formula is C11H20N4O3. The molecule has 1 aromatic heterocycles. The average Bonchev–Trinajstić information content (AvgIpc) is 2.73. The number of carbonyl (C=O) groups is 1.